The maximum atomic E-state index is 11.9. The van der Waals surface area contributed by atoms with Crippen molar-refractivity contribution in [2.75, 3.05) is 20.0 Å². The summed E-state index contributed by atoms with van der Waals surface area (Å²) in [6.07, 6.45) is -1.04. The number of Topliss-reactive ketones (excluding diaryl/α,β-unsaturated/α-hetero) is 1. The summed E-state index contributed by atoms with van der Waals surface area (Å²) in [5.41, 5.74) is 5.92. The Morgan fingerprint density at radius 1 is 1.25 bits per heavy atom. The molecule has 0 saturated carbocycles. The molecule has 0 aliphatic heterocycles. The van der Waals surface area contributed by atoms with E-state index in [2.05, 4.69) is 0 Å². The van der Waals surface area contributed by atoms with E-state index in [1.54, 1.807) is 0 Å². The maximum absolute atomic E-state index is 11.9. The summed E-state index contributed by atoms with van der Waals surface area (Å²) in [7, 11) is 2.70. The highest BCUT2D eigenvalue weighted by molar-refractivity contribution is 6.38. The Morgan fingerprint density at radius 2 is 1.75 bits per heavy atom. The molecule has 0 spiro atoms. The van der Waals surface area contributed by atoms with E-state index < -0.39 is 12.1 Å². The summed E-state index contributed by atoms with van der Waals surface area (Å²) in [4.78, 5) is 11.9. The predicted octanol–water partition coefficient (Wildman–Crippen LogP) is 2.38. The summed E-state index contributed by atoms with van der Waals surface area (Å²) < 4.78 is 9.67. The average Bonchev–Trinajstić information content (AvgIpc) is 2.26. The van der Waals surface area contributed by atoms with Crippen LogP contribution >= 0.6 is 23.2 Å². The van der Waals surface area contributed by atoms with Gasteiger partial charge in [-0.2, -0.15) is 0 Å². The molecule has 0 amide bonds. The van der Waals surface area contributed by atoms with Gasteiger partial charge in [-0.15, -0.1) is 0 Å². The van der Waals surface area contributed by atoms with Gasteiger partial charge in [-0.3, -0.25) is 4.79 Å². The van der Waals surface area contributed by atoms with E-state index in [4.69, 9.17) is 38.4 Å². The van der Waals surface area contributed by atoms with Crippen LogP contribution in [-0.4, -0.2) is 26.3 Å². The minimum Gasteiger partial charge on any atom is -0.397 e. The number of ether oxygens (including phenoxy) is 2. The number of nitrogens with two attached hydrogens (primary N) is 1. The molecule has 0 heterocycles. The Bertz CT molecular complexity index is 405. The number of anilines is 1. The number of nitrogen functional groups attached to an aromatic ring is 1. The Labute approximate surface area is 103 Å². The van der Waals surface area contributed by atoms with Gasteiger partial charge in [-0.1, -0.05) is 23.2 Å². The maximum Gasteiger partial charge on any atom is 0.222 e. The molecule has 0 aliphatic carbocycles. The Balaban J connectivity index is 3.22. The third-order valence-corrected chi connectivity index (χ3v) is 2.67. The number of halogens is 2. The molecule has 0 saturated heterocycles. The molecular formula is C10H11Cl2NO3. The van der Waals surface area contributed by atoms with E-state index >= 15 is 0 Å². The minimum atomic E-state index is -1.04. The van der Waals surface area contributed by atoms with E-state index in [0.717, 1.165) is 0 Å². The van der Waals surface area contributed by atoms with Gasteiger partial charge in [0.2, 0.25) is 12.1 Å². The Kier molecular flexibility index (Phi) is 4.56. The standard InChI is InChI=1S/C10H11Cl2NO3/c1-15-10(16-2)9(14)7-5(11)3-4-6(12)8(7)13/h3-4,10H,13H2,1-2H3. The molecule has 0 aliphatic rings. The number of ketones is 1. The zero-order chi connectivity index (χ0) is 12.3. The molecule has 1 rings (SSSR count). The fourth-order valence-electron chi connectivity index (χ4n) is 1.25. The van der Waals surface area contributed by atoms with Crippen molar-refractivity contribution in [1.82, 2.24) is 0 Å². The van der Waals surface area contributed by atoms with E-state index in [1.165, 1.54) is 26.4 Å². The third kappa shape index (κ3) is 2.47. The third-order valence-electron chi connectivity index (χ3n) is 2.03. The largest absolute Gasteiger partial charge is 0.397 e. The van der Waals surface area contributed by atoms with Crippen molar-refractivity contribution in [2.45, 2.75) is 6.29 Å². The van der Waals surface area contributed by atoms with Crippen LogP contribution in [0.25, 0.3) is 0 Å². The van der Waals surface area contributed by atoms with Crippen LogP contribution in [0.15, 0.2) is 12.1 Å². The summed E-state index contributed by atoms with van der Waals surface area (Å²) in [6, 6.07) is 3.01. The lowest BCUT2D eigenvalue weighted by atomic mass is 10.1. The number of rotatable bonds is 4. The van der Waals surface area contributed by atoms with Crippen molar-refractivity contribution >= 4 is 34.7 Å². The summed E-state index contributed by atoms with van der Waals surface area (Å²) in [6.45, 7) is 0. The molecule has 16 heavy (non-hydrogen) atoms. The smallest absolute Gasteiger partial charge is 0.222 e. The van der Waals surface area contributed by atoms with Gasteiger partial charge in [0.25, 0.3) is 0 Å². The van der Waals surface area contributed by atoms with E-state index in [9.17, 15) is 4.79 Å². The van der Waals surface area contributed by atoms with Crippen LogP contribution in [0.5, 0.6) is 0 Å². The summed E-state index contributed by atoms with van der Waals surface area (Å²) in [5, 5.41) is 0.477. The Hall–Kier alpha value is -0.810. The number of benzene rings is 1. The first-order chi connectivity index (χ1) is 7.52. The highest BCUT2D eigenvalue weighted by Gasteiger charge is 2.24. The zero-order valence-electron chi connectivity index (χ0n) is 8.79. The van der Waals surface area contributed by atoms with E-state index in [0.29, 0.717) is 0 Å². The molecule has 2 N–H and O–H groups in total. The fraction of sp³-hybridized carbons (Fsp3) is 0.300. The van der Waals surface area contributed by atoms with Crippen molar-refractivity contribution in [1.29, 1.82) is 0 Å². The highest BCUT2D eigenvalue weighted by atomic mass is 35.5. The van der Waals surface area contributed by atoms with Crippen LogP contribution in [0.2, 0.25) is 10.0 Å². The van der Waals surface area contributed by atoms with Gasteiger partial charge in [0, 0.05) is 14.2 Å². The first-order valence-corrected chi connectivity index (χ1v) is 5.11. The number of carbonyl (C=O) groups is 1. The van der Waals surface area contributed by atoms with Crippen molar-refractivity contribution in [3.8, 4) is 0 Å². The quantitative estimate of drug-likeness (QED) is 0.515. The van der Waals surface area contributed by atoms with Crippen molar-refractivity contribution in [3.05, 3.63) is 27.7 Å². The predicted molar refractivity (Wildman–Crippen MR) is 63.0 cm³/mol. The van der Waals surface area contributed by atoms with Gasteiger partial charge < -0.3 is 15.2 Å². The number of methoxy groups -OCH3 is 2. The summed E-state index contributed by atoms with van der Waals surface area (Å²) >= 11 is 11.7. The molecular weight excluding hydrogens is 253 g/mol. The molecule has 88 valence electrons. The van der Waals surface area contributed by atoms with Crippen LogP contribution < -0.4 is 5.73 Å². The van der Waals surface area contributed by atoms with Gasteiger partial charge in [0.15, 0.2) is 0 Å². The van der Waals surface area contributed by atoms with E-state index in [-0.39, 0.29) is 21.3 Å². The Morgan fingerprint density at radius 3 is 2.25 bits per heavy atom. The SMILES string of the molecule is COC(OC)C(=O)c1c(Cl)ccc(Cl)c1N. The van der Waals surface area contributed by atoms with Gasteiger partial charge in [-0.05, 0) is 12.1 Å². The molecule has 4 nitrogen and oxygen atoms in total. The van der Waals surface area contributed by atoms with Gasteiger partial charge in [0.1, 0.15) is 0 Å². The molecule has 1 aromatic carbocycles. The molecule has 0 radical (unpaired) electrons. The van der Waals surface area contributed by atoms with Crippen LogP contribution in [0.4, 0.5) is 5.69 Å². The van der Waals surface area contributed by atoms with Crippen LogP contribution in [0.3, 0.4) is 0 Å². The molecule has 0 atom stereocenters. The second-order valence-corrected chi connectivity index (χ2v) is 3.80. The second-order valence-electron chi connectivity index (χ2n) is 2.99. The van der Waals surface area contributed by atoms with Crippen LogP contribution in [-0.2, 0) is 9.47 Å². The average molecular weight is 264 g/mol. The first kappa shape index (κ1) is 13.3. The van der Waals surface area contributed by atoms with Crippen molar-refractivity contribution in [2.24, 2.45) is 0 Å². The monoisotopic (exact) mass is 263 g/mol. The van der Waals surface area contributed by atoms with Crippen LogP contribution in [0.1, 0.15) is 10.4 Å². The number of hydrogen-bond acceptors (Lipinski definition) is 4. The summed E-state index contributed by atoms with van der Waals surface area (Å²) in [5.74, 6) is -0.463. The molecule has 0 fully saturated rings. The second kappa shape index (κ2) is 5.50. The van der Waals surface area contributed by atoms with E-state index in [1.807, 2.05) is 0 Å². The minimum absolute atomic E-state index is 0.114. The zero-order valence-corrected chi connectivity index (χ0v) is 10.3. The first-order valence-electron chi connectivity index (χ1n) is 4.36. The normalized spacial score (nSPS) is 10.8. The molecule has 0 aromatic heterocycles. The molecule has 0 unspecified atom stereocenters. The van der Waals surface area contributed by atoms with Crippen molar-refractivity contribution < 1.29 is 14.3 Å². The molecule has 0 bridgehead atoms. The van der Waals surface area contributed by atoms with Gasteiger partial charge in [-0.25, -0.2) is 0 Å². The molecule has 6 heteroatoms. The van der Waals surface area contributed by atoms with Crippen molar-refractivity contribution in [3.63, 3.8) is 0 Å². The lowest BCUT2D eigenvalue weighted by molar-refractivity contribution is -0.0741. The number of carbonyl (C=O) groups excluding carboxylic acids is 1. The fourth-order valence-corrected chi connectivity index (χ4v) is 1.66. The van der Waals surface area contributed by atoms with Gasteiger partial charge in [0.05, 0.1) is 21.3 Å². The van der Waals surface area contributed by atoms with Gasteiger partial charge >= 0.3 is 0 Å². The lowest BCUT2D eigenvalue weighted by Gasteiger charge is -2.14. The number of hydrogen-bond donors (Lipinski definition) is 1. The highest BCUT2D eigenvalue weighted by Crippen LogP contribution is 2.30. The topological polar surface area (TPSA) is 61.5 Å². The molecule has 1 aromatic rings. The van der Waals surface area contributed by atoms with Crippen LogP contribution in [0, 0.1) is 0 Å². The lowest BCUT2D eigenvalue weighted by Crippen LogP contribution is -2.26.